The van der Waals surface area contributed by atoms with Crippen molar-refractivity contribution in [3.63, 3.8) is 0 Å². The number of urea groups is 1. The summed E-state index contributed by atoms with van der Waals surface area (Å²) >= 11 is 0. The molecule has 0 aliphatic carbocycles. The van der Waals surface area contributed by atoms with E-state index in [1.165, 1.54) is 0 Å². The molecule has 0 saturated carbocycles. The highest BCUT2D eigenvalue weighted by atomic mass is 16.2. The summed E-state index contributed by atoms with van der Waals surface area (Å²) < 4.78 is 0. The van der Waals surface area contributed by atoms with Gasteiger partial charge in [0, 0.05) is 38.2 Å². The average molecular weight is 348 g/mol. The lowest BCUT2D eigenvalue weighted by Gasteiger charge is -2.09. The molecule has 7 nitrogen and oxygen atoms in total. The van der Waals surface area contributed by atoms with Gasteiger partial charge in [-0.05, 0) is 41.0 Å². The van der Waals surface area contributed by atoms with Crippen molar-refractivity contribution in [2.45, 2.75) is 6.54 Å². The lowest BCUT2D eigenvalue weighted by Crippen LogP contribution is -2.37. The molecule has 0 saturated heterocycles. The molecule has 0 fully saturated rings. The Hall–Kier alpha value is -3.48. The summed E-state index contributed by atoms with van der Waals surface area (Å²) in [6, 6.07) is 15.4. The van der Waals surface area contributed by atoms with Crippen LogP contribution in [0.25, 0.3) is 11.1 Å². The maximum atomic E-state index is 11.8. The summed E-state index contributed by atoms with van der Waals surface area (Å²) in [7, 11) is 0. The van der Waals surface area contributed by atoms with Crippen molar-refractivity contribution >= 4 is 11.8 Å². The minimum absolute atomic E-state index is 0.204. The number of rotatable bonds is 7. The minimum atomic E-state index is -0.204. The molecule has 0 aliphatic rings. The van der Waals surface area contributed by atoms with E-state index in [2.05, 4.69) is 31.1 Å². The van der Waals surface area contributed by atoms with E-state index in [4.69, 9.17) is 0 Å². The van der Waals surface area contributed by atoms with Crippen molar-refractivity contribution in [2.75, 3.05) is 18.4 Å². The quantitative estimate of drug-likeness (QED) is 0.571. The highest BCUT2D eigenvalue weighted by molar-refractivity contribution is 5.73. The van der Waals surface area contributed by atoms with Crippen molar-refractivity contribution in [2.24, 2.45) is 0 Å². The molecule has 2 heterocycles. The van der Waals surface area contributed by atoms with Crippen LogP contribution in [-0.2, 0) is 6.54 Å². The highest BCUT2D eigenvalue weighted by Crippen LogP contribution is 2.18. The molecule has 1 aromatic carbocycles. The second kappa shape index (κ2) is 9.12. The maximum absolute atomic E-state index is 11.8. The number of carbonyl (C=O) groups excluding carboxylic acids is 1. The minimum Gasteiger partial charge on any atom is -0.367 e. The van der Waals surface area contributed by atoms with Crippen LogP contribution in [0.4, 0.5) is 10.6 Å². The van der Waals surface area contributed by atoms with Gasteiger partial charge in [-0.2, -0.15) is 5.10 Å². The monoisotopic (exact) mass is 348 g/mol. The normalized spacial score (nSPS) is 10.2. The first-order valence-corrected chi connectivity index (χ1v) is 8.34. The van der Waals surface area contributed by atoms with E-state index in [1.54, 1.807) is 24.7 Å². The first-order valence-electron chi connectivity index (χ1n) is 8.34. The Bertz CT molecular complexity index is 808. The van der Waals surface area contributed by atoms with Crippen LogP contribution in [0.1, 0.15) is 5.56 Å². The van der Waals surface area contributed by atoms with E-state index < -0.39 is 0 Å². The first kappa shape index (κ1) is 17.3. The van der Waals surface area contributed by atoms with Gasteiger partial charge >= 0.3 is 6.03 Å². The number of nitrogens with one attached hydrogen (secondary N) is 3. The summed E-state index contributed by atoms with van der Waals surface area (Å²) in [5, 5.41) is 16.4. The molecule has 132 valence electrons. The van der Waals surface area contributed by atoms with Gasteiger partial charge in [0.25, 0.3) is 0 Å². The van der Waals surface area contributed by atoms with Crippen molar-refractivity contribution in [1.29, 1.82) is 0 Å². The fraction of sp³-hybridized carbons (Fsp3) is 0.158. The summed E-state index contributed by atoms with van der Waals surface area (Å²) in [6.45, 7) is 1.54. The summed E-state index contributed by atoms with van der Waals surface area (Å²) in [6.07, 6.45) is 5.16. The number of pyridine rings is 1. The lowest BCUT2D eigenvalue weighted by molar-refractivity contribution is 0.241. The second-order valence-electron chi connectivity index (χ2n) is 5.58. The third-order valence-electron chi connectivity index (χ3n) is 3.71. The Kier molecular flexibility index (Phi) is 6.09. The molecule has 3 aromatic rings. The van der Waals surface area contributed by atoms with Crippen LogP contribution < -0.4 is 16.0 Å². The third-order valence-corrected chi connectivity index (χ3v) is 3.71. The second-order valence-corrected chi connectivity index (χ2v) is 5.58. The van der Waals surface area contributed by atoms with Crippen LogP contribution in [0.3, 0.4) is 0 Å². The smallest absolute Gasteiger partial charge is 0.315 e. The summed E-state index contributed by atoms with van der Waals surface area (Å²) in [4.78, 5) is 15.9. The topological polar surface area (TPSA) is 91.8 Å². The van der Waals surface area contributed by atoms with Gasteiger partial charge in [0.05, 0.1) is 0 Å². The van der Waals surface area contributed by atoms with Gasteiger partial charge in [0.15, 0.2) is 0 Å². The molecule has 0 radical (unpaired) electrons. The zero-order chi connectivity index (χ0) is 18.0. The number of anilines is 1. The average Bonchev–Trinajstić information content (AvgIpc) is 2.71. The number of carbonyl (C=O) groups is 1. The van der Waals surface area contributed by atoms with Crippen molar-refractivity contribution in [3.8, 4) is 11.1 Å². The largest absolute Gasteiger partial charge is 0.367 e. The van der Waals surface area contributed by atoms with Crippen molar-refractivity contribution < 1.29 is 4.79 Å². The SMILES string of the molecule is O=C(NCCNc1cccnn1)NCc1ccc(-c2ccncc2)cc1. The zero-order valence-electron chi connectivity index (χ0n) is 14.2. The third kappa shape index (κ3) is 5.27. The van der Waals surface area contributed by atoms with Crippen LogP contribution in [0.2, 0.25) is 0 Å². The molecule has 0 atom stereocenters. The molecule has 26 heavy (non-hydrogen) atoms. The van der Waals surface area contributed by atoms with Crippen LogP contribution >= 0.6 is 0 Å². The Labute approximate surface area is 151 Å². The van der Waals surface area contributed by atoms with E-state index in [-0.39, 0.29) is 6.03 Å². The first-order chi connectivity index (χ1) is 12.8. The Morgan fingerprint density at radius 2 is 1.62 bits per heavy atom. The fourth-order valence-corrected chi connectivity index (χ4v) is 2.37. The molecular weight excluding hydrogens is 328 g/mol. The van der Waals surface area contributed by atoms with Gasteiger partial charge in [-0.15, -0.1) is 5.10 Å². The number of nitrogens with zero attached hydrogens (tertiary/aromatic N) is 3. The molecule has 3 N–H and O–H groups in total. The van der Waals surface area contributed by atoms with Crippen LogP contribution in [0.5, 0.6) is 0 Å². The van der Waals surface area contributed by atoms with Gasteiger partial charge in [-0.3, -0.25) is 4.98 Å². The molecule has 0 aliphatic heterocycles. The van der Waals surface area contributed by atoms with Crippen LogP contribution in [0, 0.1) is 0 Å². The molecule has 0 unspecified atom stereocenters. The highest BCUT2D eigenvalue weighted by Gasteiger charge is 2.01. The molecular formula is C19H20N6O. The molecule has 7 heteroatoms. The van der Waals surface area contributed by atoms with E-state index in [0.717, 1.165) is 16.7 Å². The Morgan fingerprint density at radius 3 is 2.35 bits per heavy atom. The van der Waals surface area contributed by atoms with Gasteiger partial charge in [0.2, 0.25) is 0 Å². The number of benzene rings is 1. The number of amides is 2. The number of hydrogen-bond donors (Lipinski definition) is 3. The Balaban J connectivity index is 1.37. The van der Waals surface area contributed by atoms with E-state index >= 15 is 0 Å². The van der Waals surface area contributed by atoms with Crippen LogP contribution in [0.15, 0.2) is 67.1 Å². The predicted molar refractivity (Wildman–Crippen MR) is 100 cm³/mol. The van der Waals surface area contributed by atoms with Gasteiger partial charge in [-0.1, -0.05) is 24.3 Å². The zero-order valence-corrected chi connectivity index (χ0v) is 14.2. The summed E-state index contributed by atoms with van der Waals surface area (Å²) in [5.74, 6) is 0.684. The molecule has 2 amide bonds. The standard InChI is InChI=1S/C19H20N6O/c26-19(22-13-12-21-18-2-1-9-24-25-18)23-14-15-3-5-16(6-4-15)17-7-10-20-11-8-17/h1-11H,12-14H2,(H,21,25)(H2,22,23,26). The Morgan fingerprint density at radius 1 is 0.846 bits per heavy atom. The molecule has 0 spiro atoms. The van der Waals surface area contributed by atoms with E-state index in [0.29, 0.717) is 25.5 Å². The summed E-state index contributed by atoms with van der Waals surface area (Å²) in [5.41, 5.74) is 3.28. The molecule has 0 bridgehead atoms. The van der Waals surface area contributed by atoms with Crippen molar-refractivity contribution in [3.05, 3.63) is 72.7 Å². The van der Waals surface area contributed by atoms with Gasteiger partial charge in [0.1, 0.15) is 5.82 Å². The predicted octanol–water partition coefficient (Wildman–Crippen LogP) is 2.45. The lowest BCUT2D eigenvalue weighted by atomic mass is 10.1. The fourth-order valence-electron chi connectivity index (χ4n) is 2.37. The van der Waals surface area contributed by atoms with Crippen LogP contribution in [-0.4, -0.2) is 34.3 Å². The number of aromatic nitrogens is 3. The maximum Gasteiger partial charge on any atom is 0.315 e. The molecule has 3 rings (SSSR count). The van der Waals surface area contributed by atoms with Gasteiger partial charge in [-0.25, -0.2) is 4.79 Å². The van der Waals surface area contributed by atoms with Gasteiger partial charge < -0.3 is 16.0 Å². The van der Waals surface area contributed by atoms with E-state index in [9.17, 15) is 4.79 Å². The van der Waals surface area contributed by atoms with Crippen molar-refractivity contribution in [1.82, 2.24) is 25.8 Å². The number of hydrogen-bond acceptors (Lipinski definition) is 5. The van der Waals surface area contributed by atoms with E-state index in [1.807, 2.05) is 42.5 Å². The molecule has 2 aromatic heterocycles.